The first-order valence-corrected chi connectivity index (χ1v) is 8.01. The van der Waals surface area contributed by atoms with E-state index in [1.807, 2.05) is 61.6 Å². The maximum Gasteiger partial charge on any atom is 0.0806 e. The minimum absolute atomic E-state index is 0.457. The van der Waals surface area contributed by atoms with Crippen molar-refractivity contribution in [3.05, 3.63) is 71.4 Å². The summed E-state index contributed by atoms with van der Waals surface area (Å²) in [6.45, 7) is 0.748. The van der Waals surface area contributed by atoms with E-state index in [9.17, 15) is 5.11 Å². The van der Waals surface area contributed by atoms with Crippen LogP contribution in [0.15, 0.2) is 60.8 Å². The van der Waals surface area contributed by atoms with Crippen LogP contribution in [0.2, 0.25) is 5.02 Å². The Morgan fingerprint density at radius 2 is 1.91 bits per heavy atom. The maximum absolute atomic E-state index is 10.3. The van der Waals surface area contributed by atoms with Gasteiger partial charge in [-0.1, -0.05) is 41.9 Å². The summed E-state index contributed by atoms with van der Waals surface area (Å²) in [6, 6.07) is 17.5. The van der Waals surface area contributed by atoms with E-state index in [1.54, 1.807) is 6.20 Å². The SMILES string of the molecule is CN(CCC(O)c1ccccc1)c1ccnc2cc(Cl)ccc12. The molecule has 1 N–H and O–H groups in total. The summed E-state index contributed by atoms with van der Waals surface area (Å²) in [4.78, 5) is 6.51. The summed E-state index contributed by atoms with van der Waals surface area (Å²) in [7, 11) is 2.03. The molecule has 118 valence electrons. The smallest absolute Gasteiger partial charge is 0.0806 e. The highest BCUT2D eigenvalue weighted by molar-refractivity contribution is 6.31. The zero-order valence-corrected chi connectivity index (χ0v) is 13.7. The molecule has 1 aromatic heterocycles. The summed E-state index contributed by atoms with van der Waals surface area (Å²) >= 11 is 6.03. The molecule has 23 heavy (non-hydrogen) atoms. The van der Waals surface area contributed by atoms with E-state index in [4.69, 9.17) is 11.6 Å². The summed E-state index contributed by atoms with van der Waals surface area (Å²) in [5, 5.41) is 12.1. The molecule has 0 aliphatic heterocycles. The van der Waals surface area contributed by atoms with Crippen LogP contribution >= 0.6 is 11.6 Å². The van der Waals surface area contributed by atoms with E-state index in [0.717, 1.165) is 28.7 Å². The predicted molar refractivity (Wildman–Crippen MR) is 96.0 cm³/mol. The van der Waals surface area contributed by atoms with E-state index < -0.39 is 6.10 Å². The molecular weight excluding hydrogens is 308 g/mol. The quantitative estimate of drug-likeness (QED) is 0.752. The number of halogens is 1. The third-order valence-corrected chi connectivity index (χ3v) is 4.25. The van der Waals surface area contributed by atoms with E-state index in [2.05, 4.69) is 9.88 Å². The van der Waals surface area contributed by atoms with Crippen LogP contribution in [0.25, 0.3) is 10.9 Å². The molecule has 1 unspecified atom stereocenters. The van der Waals surface area contributed by atoms with Crippen LogP contribution in [0.3, 0.4) is 0 Å². The van der Waals surface area contributed by atoms with Gasteiger partial charge in [0.15, 0.2) is 0 Å². The van der Waals surface area contributed by atoms with Gasteiger partial charge in [0.25, 0.3) is 0 Å². The van der Waals surface area contributed by atoms with Crippen LogP contribution in [0.1, 0.15) is 18.1 Å². The minimum Gasteiger partial charge on any atom is -0.388 e. The summed E-state index contributed by atoms with van der Waals surface area (Å²) < 4.78 is 0. The van der Waals surface area contributed by atoms with Crippen molar-refractivity contribution in [2.24, 2.45) is 0 Å². The van der Waals surface area contributed by atoms with Crippen LogP contribution in [-0.2, 0) is 0 Å². The van der Waals surface area contributed by atoms with Gasteiger partial charge in [-0.05, 0) is 36.2 Å². The monoisotopic (exact) mass is 326 g/mol. The molecule has 2 aromatic carbocycles. The van der Waals surface area contributed by atoms with Gasteiger partial charge < -0.3 is 10.0 Å². The number of benzene rings is 2. The molecule has 0 amide bonds. The van der Waals surface area contributed by atoms with Gasteiger partial charge in [-0.25, -0.2) is 0 Å². The van der Waals surface area contributed by atoms with Gasteiger partial charge in [-0.3, -0.25) is 4.98 Å². The van der Waals surface area contributed by atoms with Crippen molar-refractivity contribution >= 4 is 28.2 Å². The second kappa shape index (κ2) is 6.99. The number of anilines is 1. The highest BCUT2D eigenvalue weighted by atomic mass is 35.5. The Balaban J connectivity index is 1.75. The Morgan fingerprint density at radius 1 is 1.13 bits per heavy atom. The molecule has 0 radical (unpaired) electrons. The van der Waals surface area contributed by atoms with Gasteiger partial charge in [-0.2, -0.15) is 0 Å². The average molecular weight is 327 g/mol. The van der Waals surface area contributed by atoms with Crippen molar-refractivity contribution in [3.8, 4) is 0 Å². The van der Waals surface area contributed by atoms with Gasteiger partial charge in [-0.15, -0.1) is 0 Å². The molecule has 0 saturated heterocycles. The molecule has 3 rings (SSSR count). The van der Waals surface area contributed by atoms with Crippen molar-refractivity contribution in [1.29, 1.82) is 0 Å². The number of aliphatic hydroxyl groups is 1. The van der Waals surface area contributed by atoms with Crippen molar-refractivity contribution in [2.45, 2.75) is 12.5 Å². The third kappa shape index (κ3) is 3.63. The number of aromatic nitrogens is 1. The van der Waals surface area contributed by atoms with Gasteiger partial charge in [0.2, 0.25) is 0 Å². The highest BCUT2D eigenvalue weighted by Crippen LogP contribution is 2.27. The molecule has 0 fully saturated rings. The number of fused-ring (bicyclic) bond motifs is 1. The molecule has 3 nitrogen and oxygen atoms in total. The minimum atomic E-state index is -0.457. The molecule has 0 aliphatic rings. The zero-order valence-electron chi connectivity index (χ0n) is 13.0. The Hall–Kier alpha value is -2.10. The summed E-state index contributed by atoms with van der Waals surface area (Å²) in [5.74, 6) is 0. The van der Waals surface area contributed by atoms with E-state index in [1.165, 1.54) is 0 Å². The lowest BCUT2D eigenvalue weighted by atomic mass is 10.1. The first kappa shape index (κ1) is 15.8. The average Bonchev–Trinajstić information content (AvgIpc) is 2.59. The highest BCUT2D eigenvalue weighted by Gasteiger charge is 2.11. The van der Waals surface area contributed by atoms with Gasteiger partial charge in [0.05, 0.1) is 11.6 Å². The molecule has 1 heterocycles. The van der Waals surface area contributed by atoms with Gasteiger partial charge in [0.1, 0.15) is 0 Å². The standard InChI is InChI=1S/C19H19ClN2O/c1-22(12-10-19(23)14-5-3-2-4-6-14)18-9-11-21-17-13-15(20)7-8-16(17)18/h2-9,11,13,19,23H,10,12H2,1H3. The molecule has 1 atom stereocenters. The summed E-state index contributed by atoms with van der Waals surface area (Å²) in [6.07, 6.45) is 2.00. The number of pyridine rings is 1. The van der Waals surface area contributed by atoms with Crippen LogP contribution in [0, 0.1) is 0 Å². The van der Waals surface area contributed by atoms with Crippen LogP contribution < -0.4 is 4.90 Å². The van der Waals surface area contributed by atoms with Crippen molar-refractivity contribution in [1.82, 2.24) is 4.98 Å². The Labute approximate surface area is 141 Å². The van der Waals surface area contributed by atoms with Gasteiger partial charge >= 0.3 is 0 Å². The fraction of sp³-hybridized carbons (Fsp3) is 0.211. The van der Waals surface area contributed by atoms with Crippen LogP contribution in [-0.4, -0.2) is 23.7 Å². The molecule has 0 spiro atoms. The molecule has 0 saturated carbocycles. The second-order valence-corrected chi connectivity index (χ2v) is 6.06. The number of rotatable bonds is 5. The summed E-state index contributed by atoms with van der Waals surface area (Å²) in [5.41, 5.74) is 2.92. The van der Waals surface area contributed by atoms with E-state index >= 15 is 0 Å². The lowest BCUT2D eigenvalue weighted by Crippen LogP contribution is -2.20. The van der Waals surface area contributed by atoms with Gasteiger partial charge in [0, 0.05) is 35.9 Å². The number of nitrogens with zero attached hydrogens (tertiary/aromatic N) is 2. The fourth-order valence-electron chi connectivity index (χ4n) is 2.72. The molecular formula is C19H19ClN2O. The fourth-order valence-corrected chi connectivity index (χ4v) is 2.88. The lowest BCUT2D eigenvalue weighted by Gasteiger charge is -2.22. The third-order valence-electron chi connectivity index (χ3n) is 4.02. The Bertz CT molecular complexity index is 792. The zero-order chi connectivity index (χ0) is 16.2. The van der Waals surface area contributed by atoms with Crippen molar-refractivity contribution in [2.75, 3.05) is 18.5 Å². The van der Waals surface area contributed by atoms with E-state index in [0.29, 0.717) is 11.4 Å². The largest absolute Gasteiger partial charge is 0.388 e. The van der Waals surface area contributed by atoms with Crippen molar-refractivity contribution in [3.63, 3.8) is 0 Å². The number of aliphatic hydroxyl groups excluding tert-OH is 1. The first-order valence-electron chi connectivity index (χ1n) is 7.63. The topological polar surface area (TPSA) is 36.4 Å². The molecule has 3 aromatic rings. The Morgan fingerprint density at radius 3 is 2.70 bits per heavy atom. The maximum atomic E-state index is 10.3. The molecule has 0 aliphatic carbocycles. The number of hydrogen-bond acceptors (Lipinski definition) is 3. The molecule has 4 heteroatoms. The normalized spacial score (nSPS) is 12.3. The lowest BCUT2D eigenvalue weighted by molar-refractivity contribution is 0.170. The predicted octanol–water partition coefficient (Wildman–Crippen LogP) is 4.45. The Kier molecular flexibility index (Phi) is 4.79. The first-order chi connectivity index (χ1) is 11.1. The van der Waals surface area contributed by atoms with Crippen molar-refractivity contribution < 1.29 is 5.11 Å². The molecule has 0 bridgehead atoms. The van der Waals surface area contributed by atoms with Crippen LogP contribution in [0.4, 0.5) is 5.69 Å². The van der Waals surface area contributed by atoms with E-state index in [-0.39, 0.29) is 0 Å². The second-order valence-electron chi connectivity index (χ2n) is 5.63. The van der Waals surface area contributed by atoms with Crippen LogP contribution in [0.5, 0.6) is 0 Å². The number of hydrogen-bond donors (Lipinski definition) is 1.